The Morgan fingerprint density at radius 1 is 0.963 bits per heavy atom. The quantitative estimate of drug-likeness (QED) is 0.656. The van der Waals surface area contributed by atoms with E-state index in [-0.39, 0.29) is 18.1 Å². The van der Waals surface area contributed by atoms with Crippen molar-refractivity contribution >= 4 is 11.6 Å². The molecule has 0 aliphatic carbocycles. The van der Waals surface area contributed by atoms with Crippen LogP contribution in [0.4, 0.5) is 18.9 Å². The fraction of sp³-hybridized carbons (Fsp3) is 0.105. The van der Waals surface area contributed by atoms with Crippen LogP contribution < -0.4 is 14.8 Å². The molecule has 1 aromatic heterocycles. The minimum Gasteiger partial charge on any atom is -0.486 e. The number of carbonyl (C=O) groups is 1. The van der Waals surface area contributed by atoms with E-state index in [1.54, 1.807) is 18.2 Å². The number of nitrogens with one attached hydrogen (secondary N) is 1. The van der Waals surface area contributed by atoms with E-state index in [1.807, 2.05) is 18.2 Å². The van der Waals surface area contributed by atoms with E-state index >= 15 is 0 Å². The molecule has 0 unspecified atom stereocenters. The number of carbonyl (C=O) groups excluding carboxylic acids is 1. The molecule has 3 rings (SSSR count). The van der Waals surface area contributed by atoms with Gasteiger partial charge in [0.1, 0.15) is 18.1 Å². The molecule has 0 saturated heterocycles. The molecule has 1 heterocycles. The zero-order valence-corrected chi connectivity index (χ0v) is 13.8. The number of hydrogen-bond donors (Lipinski definition) is 1. The molecule has 0 bridgehead atoms. The maximum absolute atomic E-state index is 12.4. The zero-order chi connectivity index (χ0) is 19.3. The summed E-state index contributed by atoms with van der Waals surface area (Å²) < 4.78 is 52.1. The van der Waals surface area contributed by atoms with Gasteiger partial charge in [0.05, 0.1) is 5.69 Å². The Balaban J connectivity index is 1.65. The summed E-state index contributed by atoms with van der Waals surface area (Å²) >= 11 is 0. The van der Waals surface area contributed by atoms with Gasteiger partial charge in [-0.25, -0.2) is 0 Å². The Hall–Kier alpha value is -3.42. The van der Waals surface area contributed by atoms with Gasteiger partial charge in [0.25, 0.3) is 5.91 Å². The molecule has 0 radical (unpaired) electrons. The minimum atomic E-state index is -4.87. The van der Waals surface area contributed by atoms with E-state index in [9.17, 15) is 18.0 Å². The molecule has 0 fully saturated rings. The van der Waals surface area contributed by atoms with Crippen molar-refractivity contribution in [2.24, 2.45) is 0 Å². The van der Waals surface area contributed by atoms with E-state index in [0.717, 1.165) is 6.07 Å². The van der Waals surface area contributed by atoms with Crippen LogP contribution in [0.15, 0.2) is 71.1 Å². The Morgan fingerprint density at radius 3 is 2.41 bits per heavy atom. The number of anilines is 1. The highest BCUT2D eigenvalue weighted by Crippen LogP contribution is 2.30. The lowest BCUT2D eigenvalue weighted by molar-refractivity contribution is -0.274. The van der Waals surface area contributed by atoms with E-state index in [2.05, 4.69) is 10.1 Å². The number of para-hydroxylation sites is 3. The van der Waals surface area contributed by atoms with Gasteiger partial charge in [-0.1, -0.05) is 30.3 Å². The van der Waals surface area contributed by atoms with Gasteiger partial charge in [0.15, 0.2) is 11.5 Å². The van der Waals surface area contributed by atoms with E-state index in [1.165, 1.54) is 24.3 Å². The molecule has 0 atom stereocenters. The second kappa shape index (κ2) is 7.86. The number of alkyl halides is 3. The van der Waals surface area contributed by atoms with Gasteiger partial charge in [-0.05, 0) is 36.4 Å². The third-order valence-electron chi connectivity index (χ3n) is 3.37. The fourth-order valence-electron chi connectivity index (χ4n) is 2.22. The first kappa shape index (κ1) is 18.4. The first-order valence-electron chi connectivity index (χ1n) is 7.83. The van der Waals surface area contributed by atoms with Gasteiger partial charge in [-0.15, -0.1) is 13.2 Å². The summed E-state index contributed by atoms with van der Waals surface area (Å²) in [6, 6.07) is 17.2. The first-order valence-corrected chi connectivity index (χ1v) is 7.83. The minimum absolute atomic E-state index is 0.0662. The number of hydrogen-bond acceptors (Lipinski definition) is 4. The average Bonchev–Trinajstić information content (AvgIpc) is 3.10. The van der Waals surface area contributed by atoms with Gasteiger partial charge in [0, 0.05) is 0 Å². The lowest BCUT2D eigenvalue weighted by Gasteiger charge is -2.13. The standard InChI is InChI=1S/C19H14F3NO4/c20-19(21,22)27-16-9-5-4-8-15(16)23-18(24)17-11-10-14(26-17)12-25-13-6-2-1-3-7-13/h1-11H,12H2,(H,23,24). The van der Waals surface area contributed by atoms with Crippen molar-refractivity contribution in [2.75, 3.05) is 5.32 Å². The molecule has 5 nitrogen and oxygen atoms in total. The van der Waals surface area contributed by atoms with E-state index < -0.39 is 18.0 Å². The number of furan rings is 1. The second-order valence-corrected chi connectivity index (χ2v) is 5.37. The number of halogens is 3. The van der Waals surface area contributed by atoms with Gasteiger partial charge >= 0.3 is 6.36 Å². The van der Waals surface area contributed by atoms with Crippen molar-refractivity contribution < 1.29 is 31.9 Å². The summed E-state index contributed by atoms with van der Waals surface area (Å²) in [6.45, 7) is 0.102. The van der Waals surface area contributed by atoms with Crippen LogP contribution in [0.1, 0.15) is 16.3 Å². The largest absolute Gasteiger partial charge is 0.573 e. The summed E-state index contributed by atoms with van der Waals surface area (Å²) in [7, 11) is 0. The smallest absolute Gasteiger partial charge is 0.486 e. The predicted molar refractivity (Wildman–Crippen MR) is 90.6 cm³/mol. The number of benzene rings is 2. The monoisotopic (exact) mass is 377 g/mol. The lowest BCUT2D eigenvalue weighted by Crippen LogP contribution is -2.19. The summed E-state index contributed by atoms with van der Waals surface area (Å²) in [4.78, 5) is 12.2. The van der Waals surface area contributed by atoms with Gasteiger partial charge in [-0.2, -0.15) is 0 Å². The topological polar surface area (TPSA) is 60.7 Å². The first-order chi connectivity index (χ1) is 12.9. The Kier molecular flexibility index (Phi) is 5.35. The van der Waals surface area contributed by atoms with Crippen LogP contribution in [0.2, 0.25) is 0 Å². The molecule has 27 heavy (non-hydrogen) atoms. The normalized spacial score (nSPS) is 11.1. The molecule has 140 valence electrons. The maximum atomic E-state index is 12.4. The predicted octanol–water partition coefficient (Wildman–Crippen LogP) is 5.01. The number of ether oxygens (including phenoxy) is 2. The molecule has 1 N–H and O–H groups in total. The highest BCUT2D eigenvalue weighted by molar-refractivity contribution is 6.03. The third-order valence-corrected chi connectivity index (χ3v) is 3.37. The molecule has 2 aromatic carbocycles. The molecule has 1 amide bonds. The van der Waals surface area contributed by atoms with Gasteiger partial charge in [0.2, 0.25) is 0 Å². The zero-order valence-electron chi connectivity index (χ0n) is 13.8. The Labute approximate surface area is 152 Å². The molecule has 3 aromatic rings. The summed E-state index contributed by atoms with van der Waals surface area (Å²) in [5.74, 6) is -0.262. The number of rotatable bonds is 6. The van der Waals surface area contributed by atoms with Crippen molar-refractivity contribution in [3.8, 4) is 11.5 Å². The molecular formula is C19H14F3NO4. The van der Waals surface area contributed by atoms with E-state index in [4.69, 9.17) is 9.15 Å². The van der Waals surface area contributed by atoms with Crippen molar-refractivity contribution in [2.45, 2.75) is 13.0 Å². The van der Waals surface area contributed by atoms with Crippen LogP contribution in [0, 0.1) is 0 Å². The van der Waals surface area contributed by atoms with Gasteiger partial charge < -0.3 is 19.2 Å². The van der Waals surface area contributed by atoms with Crippen molar-refractivity contribution in [3.63, 3.8) is 0 Å². The van der Waals surface area contributed by atoms with Crippen molar-refractivity contribution in [1.29, 1.82) is 0 Å². The SMILES string of the molecule is O=C(Nc1ccccc1OC(F)(F)F)c1ccc(COc2ccccc2)o1. The molecule has 0 aliphatic rings. The molecule has 8 heteroatoms. The van der Waals surface area contributed by atoms with Gasteiger partial charge in [-0.3, -0.25) is 4.79 Å². The Morgan fingerprint density at radius 2 is 1.67 bits per heavy atom. The van der Waals surface area contributed by atoms with Crippen LogP contribution in [-0.4, -0.2) is 12.3 Å². The second-order valence-electron chi connectivity index (χ2n) is 5.37. The third kappa shape index (κ3) is 5.27. The van der Waals surface area contributed by atoms with Crippen molar-refractivity contribution in [3.05, 3.63) is 78.3 Å². The summed E-state index contributed by atoms with van der Waals surface area (Å²) in [6.07, 6.45) is -4.87. The van der Waals surface area contributed by atoms with Crippen LogP contribution >= 0.6 is 0 Å². The Bertz CT molecular complexity index is 907. The number of amides is 1. The van der Waals surface area contributed by atoms with Crippen molar-refractivity contribution in [1.82, 2.24) is 0 Å². The maximum Gasteiger partial charge on any atom is 0.573 e. The highest BCUT2D eigenvalue weighted by atomic mass is 19.4. The molecule has 0 aliphatic heterocycles. The van der Waals surface area contributed by atoms with Crippen LogP contribution in [0.5, 0.6) is 11.5 Å². The summed E-state index contributed by atoms with van der Waals surface area (Å²) in [5.41, 5.74) is -0.127. The highest BCUT2D eigenvalue weighted by Gasteiger charge is 2.32. The van der Waals surface area contributed by atoms with E-state index in [0.29, 0.717) is 11.5 Å². The fourth-order valence-corrected chi connectivity index (χ4v) is 2.22. The lowest BCUT2D eigenvalue weighted by atomic mass is 10.3. The molecule has 0 spiro atoms. The van der Waals surface area contributed by atoms with Crippen LogP contribution in [0.3, 0.4) is 0 Å². The van der Waals surface area contributed by atoms with Crippen LogP contribution in [-0.2, 0) is 6.61 Å². The summed E-state index contributed by atoms with van der Waals surface area (Å²) in [5, 5.41) is 2.34. The molecular weight excluding hydrogens is 363 g/mol. The van der Waals surface area contributed by atoms with Crippen LogP contribution in [0.25, 0.3) is 0 Å². The average molecular weight is 377 g/mol. The molecule has 0 saturated carbocycles.